The predicted octanol–water partition coefficient (Wildman–Crippen LogP) is 5.37. The number of nitrogens with one attached hydrogen (secondary N) is 1. The molecule has 4 heterocycles. The van der Waals surface area contributed by atoms with Crippen molar-refractivity contribution in [3.8, 4) is 5.69 Å². The third kappa shape index (κ3) is 4.90. The number of anilines is 2. The first-order chi connectivity index (χ1) is 17.7. The van der Waals surface area contributed by atoms with Gasteiger partial charge in [-0.15, -0.1) is 0 Å². The number of pyridine rings is 1. The van der Waals surface area contributed by atoms with Crippen LogP contribution in [0.5, 0.6) is 0 Å². The van der Waals surface area contributed by atoms with Gasteiger partial charge in [-0.1, -0.05) is 33.8 Å². The van der Waals surface area contributed by atoms with Gasteiger partial charge in [-0.3, -0.25) is 14.7 Å². The molecule has 1 aliphatic heterocycles. The number of hydrogen-bond acceptors (Lipinski definition) is 6. The molecule has 0 radical (unpaired) electrons. The maximum Gasteiger partial charge on any atom is 0.278 e. The Hall–Kier alpha value is -3.52. The number of aromatic nitrogens is 5. The van der Waals surface area contributed by atoms with Crippen molar-refractivity contribution in [1.82, 2.24) is 29.2 Å². The van der Waals surface area contributed by atoms with E-state index < -0.39 is 0 Å². The zero-order valence-corrected chi connectivity index (χ0v) is 22.7. The molecule has 0 fully saturated rings. The number of fused-ring (bicyclic) bond motifs is 2. The molecule has 8 nitrogen and oxygen atoms in total. The van der Waals surface area contributed by atoms with Gasteiger partial charge in [0.1, 0.15) is 5.39 Å². The molecule has 0 amide bonds. The lowest BCUT2D eigenvalue weighted by Gasteiger charge is -2.28. The molecule has 4 aromatic rings. The Bertz CT molecular complexity index is 1490. The van der Waals surface area contributed by atoms with Crippen molar-refractivity contribution in [3.63, 3.8) is 0 Å². The van der Waals surface area contributed by atoms with Gasteiger partial charge in [0.25, 0.3) is 5.56 Å². The van der Waals surface area contributed by atoms with Gasteiger partial charge in [-0.2, -0.15) is 4.98 Å². The molecule has 0 spiro atoms. The first-order valence-corrected chi connectivity index (χ1v) is 13.2. The SMILES string of the molecule is CCCN1CCc2ccc(Nc3ncc4c(=O)n(C(C)C)n(-c5ccnc(C(C)(C)C)c5)c4n3)cc2C1. The molecule has 1 aromatic carbocycles. The van der Waals surface area contributed by atoms with E-state index >= 15 is 0 Å². The second kappa shape index (κ2) is 9.74. The minimum absolute atomic E-state index is 0.0592. The maximum absolute atomic E-state index is 13.4. The largest absolute Gasteiger partial charge is 0.324 e. The van der Waals surface area contributed by atoms with E-state index in [4.69, 9.17) is 4.98 Å². The molecule has 0 saturated carbocycles. The van der Waals surface area contributed by atoms with Gasteiger partial charge in [0, 0.05) is 48.3 Å². The quantitative estimate of drug-likeness (QED) is 0.384. The highest BCUT2D eigenvalue weighted by Gasteiger charge is 2.22. The van der Waals surface area contributed by atoms with Gasteiger partial charge in [-0.05, 0) is 68.6 Å². The van der Waals surface area contributed by atoms with Crippen LogP contribution >= 0.6 is 0 Å². The van der Waals surface area contributed by atoms with Crippen LogP contribution < -0.4 is 10.9 Å². The lowest BCUT2D eigenvalue weighted by molar-refractivity contribution is 0.255. The second-order valence-electron chi connectivity index (χ2n) is 11.3. The number of nitrogens with zero attached hydrogens (tertiary/aromatic N) is 6. The van der Waals surface area contributed by atoms with Crippen molar-refractivity contribution >= 4 is 22.7 Å². The van der Waals surface area contributed by atoms with E-state index in [0.29, 0.717) is 17.0 Å². The van der Waals surface area contributed by atoms with Crippen LogP contribution in [0, 0.1) is 0 Å². The van der Waals surface area contributed by atoms with Gasteiger partial charge in [0.05, 0.1) is 5.69 Å². The number of benzene rings is 1. The molecular formula is C29H37N7O. The van der Waals surface area contributed by atoms with Crippen molar-refractivity contribution in [2.24, 2.45) is 0 Å². The minimum atomic E-state index is -0.122. The van der Waals surface area contributed by atoms with E-state index in [2.05, 4.69) is 66.1 Å². The fourth-order valence-electron chi connectivity index (χ4n) is 5.06. The lowest BCUT2D eigenvalue weighted by Crippen LogP contribution is -2.31. The number of rotatable bonds is 6. The van der Waals surface area contributed by atoms with Gasteiger partial charge in [-0.25, -0.2) is 14.3 Å². The number of hydrogen-bond donors (Lipinski definition) is 1. The summed E-state index contributed by atoms with van der Waals surface area (Å²) in [5, 5.41) is 3.88. The van der Waals surface area contributed by atoms with Gasteiger partial charge in [0.15, 0.2) is 5.65 Å². The summed E-state index contributed by atoms with van der Waals surface area (Å²) in [7, 11) is 0. The molecule has 37 heavy (non-hydrogen) atoms. The maximum atomic E-state index is 13.4. The van der Waals surface area contributed by atoms with E-state index in [0.717, 1.165) is 49.5 Å². The summed E-state index contributed by atoms with van der Waals surface area (Å²) >= 11 is 0. The monoisotopic (exact) mass is 499 g/mol. The Morgan fingerprint density at radius 2 is 1.89 bits per heavy atom. The average molecular weight is 500 g/mol. The molecule has 1 N–H and O–H groups in total. The third-order valence-corrected chi connectivity index (χ3v) is 6.96. The highest BCUT2D eigenvalue weighted by molar-refractivity contribution is 5.77. The zero-order chi connectivity index (χ0) is 26.3. The van der Waals surface area contributed by atoms with Crippen LogP contribution in [0.3, 0.4) is 0 Å². The fraction of sp³-hybridized carbons (Fsp3) is 0.448. The molecule has 5 rings (SSSR count). The Labute approximate surface area is 218 Å². The highest BCUT2D eigenvalue weighted by Crippen LogP contribution is 2.27. The fourth-order valence-corrected chi connectivity index (χ4v) is 5.06. The Balaban J connectivity index is 1.56. The van der Waals surface area contributed by atoms with Gasteiger partial charge < -0.3 is 5.32 Å². The molecule has 0 saturated heterocycles. The third-order valence-electron chi connectivity index (χ3n) is 6.96. The molecule has 0 atom stereocenters. The highest BCUT2D eigenvalue weighted by atomic mass is 16.1. The van der Waals surface area contributed by atoms with Crippen LogP contribution in [0.2, 0.25) is 0 Å². The van der Waals surface area contributed by atoms with Crippen molar-refractivity contribution < 1.29 is 0 Å². The Morgan fingerprint density at radius 1 is 1.08 bits per heavy atom. The lowest BCUT2D eigenvalue weighted by atomic mass is 9.91. The zero-order valence-electron chi connectivity index (χ0n) is 22.7. The van der Waals surface area contributed by atoms with Crippen molar-refractivity contribution in [1.29, 1.82) is 0 Å². The van der Waals surface area contributed by atoms with Crippen molar-refractivity contribution in [2.75, 3.05) is 18.4 Å². The smallest absolute Gasteiger partial charge is 0.278 e. The van der Waals surface area contributed by atoms with Crippen molar-refractivity contribution in [2.45, 2.75) is 72.4 Å². The average Bonchev–Trinajstić information content (AvgIpc) is 3.15. The van der Waals surface area contributed by atoms with Crippen LogP contribution in [0.25, 0.3) is 16.7 Å². The first-order valence-electron chi connectivity index (χ1n) is 13.2. The summed E-state index contributed by atoms with van der Waals surface area (Å²) in [5.74, 6) is 0.466. The minimum Gasteiger partial charge on any atom is -0.324 e. The summed E-state index contributed by atoms with van der Waals surface area (Å²) in [6.45, 7) is 15.8. The molecule has 194 valence electrons. The molecule has 1 aliphatic rings. The molecule has 0 unspecified atom stereocenters. The normalized spacial score (nSPS) is 14.4. The van der Waals surface area contributed by atoms with Crippen LogP contribution in [-0.2, 0) is 18.4 Å². The Morgan fingerprint density at radius 3 is 2.62 bits per heavy atom. The van der Waals surface area contributed by atoms with Gasteiger partial charge >= 0.3 is 0 Å². The standard InChI is InChI=1S/C29H37N7O/c1-7-13-34-14-11-20-8-9-22(15-21(20)18-34)32-28-31-17-24-26(33-28)36(35(19(2)3)27(24)37)23-10-12-30-25(16-23)29(4,5)6/h8-10,12,15-17,19H,7,11,13-14,18H2,1-6H3,(H,31,32,33). The molecule has 8 heteroatoms. The van der Waals surface area contributed by atoms with Crippen LogP contribution in [0.15, 0.2) is 47.5 Å². The summed E-state index contributed by atoms with van der Waals surface area (Å²) in [6, 6.07) is 10.4. The first kappa shape index (κ1) is 25.1. The summed E-state index contributed by atoms with van der Waals surface area (Å²) in [5.41, 5.74) is 5.87. The van der Waals surface area contributed by atoms with E-state index in [9.17, 15) is 4.79 Å². The molecule has 0 aliphatic carbocycles. The Kier molecular flexibility index (Phi) is 6.62. The van der Waals surface area contributed by atoms with E-state index in [-0.39, 0.29) is 17.0 Å². The van der Waals surface area contributed by atoms with Gasteiger partial charge in [0.2, 0.25) is 5.95 Å². The van der Waals surface area contributed by atoms with Crippen LogP contribution in [-0.4, -0.2) is 42.3 Å². The summed E-state index contributed by atoms with van der Waals surface area (Å²) in [6.07, 6.45) is 5.67. The molecule has 0 bridgehead atoms. The topological polar surface area (TPSA) is 80.9 Å². The van der Waals surface area contributed by atoms with E-state index in [1.807, 2.05) is 30.7 Å². The van der Waals surface area contributed by atoms with E-state index in [1.54, 1.807) is 17.1 Å². The molecular weight excluding hydrogens is 462 g/mol. The van der Waals surface area contributed by atoms with E-state index in [1.165, 1.54) is 11.1 Å². The van der Waals surface area contributed by atoms with Crippen molar-refractivity contribution in [3.05, 3.63) is 69.9 Å². The second-order valence-corrected chi connectivity index (χ2v) is 11.3. The van der Waals surface area contributed by atoms with Crippen LogP contribution in [0.4, 0.5) is 11.6 Å². The predicted molar refractivity (Wildman–Crippen MR) is 149 cm³/mol. The van der Waals surface area contributed by atoms with Crippen LogP contribution in [0.1, 0.15) is 70.8 Å². The molecule has 3 aromatic heterocycles. The summed E-state index contributed by atoms with van der Waals surface area (Å²) < 4.78 is 3.65. The summed E-state index contributed by atoms with van der Waals surface area (Å²) in [4.78, 5) is 29.8.